The summed E-state index contributed by atoms with van der Waals surface area (Å²) in [6.45, 7) is 8.07. The number of halogens is 1. The molecule has 3 rings (SSSR count). The monoisotopic (exact) mass is 355 g/mol. The van der Waals surface area contributed by atoms with Crippen molar-refractivity contribution in [1.82, 2.24) is 4.98 Å². The molecule has 0 aliphatic rings. The predicted molar refractivity (Wildman–Crippen MR) is 106 cm³/mol. The normalized spacial score (nSPS) is 10.7. The number of nitrogens with one attached hydrogen (secondary N) is 1. The standard InChI is InChI=1S/C20H22FN3S/c1-4-24(5-2)17-9-7-16(8-10-17)22-20-23-19(13-25-20)15-6-11-18(21)14(3)12-15/h6-13H,4-5H2,1-3H3,(H,22,23). The minimum Gasteiger partial charge on any atom is -0.372 e. The van der Waals surface area contributed by atoms with Crippen LogP contribution >= 0.6 is 11.3 Å². The van der Waals surface area contributed by atoms with Crippen LogP contribution in [-0.4, -0.2) is 18.1 Å². The zero-order chi connectivity index (χ0) is 17.8. The molecule has 0 atom stereocenters. The number of hydrogen-bond acceptors (Lipinski definition) is 4. The highest BCUT2D eigenvalue weighted by Gasteiger charge is 2.07. The highest BCUT2D eigenvalue weighted by molar-refractivity contribution is 7.14. The SMILES string of the molecule is CCN(CC)c1ccc(Nc2nc(-c3ccc(F)c(C)c3)cs2)cc1. The topological polar surface area (TPSA) is 28.2 Å². The second-order valence-corrected chi connectivity index (χ2v) is 6.70. The summed E-state index contributed by atoms with van der Waals surface area (Å²) in [6, 6.07) is 13.4. The van der Waals surface area contributed by atoms with Gasteiger partial charge in [-0.05, 0) is 68.8 Å². The van der Waals surface area contributed by atoms with Crippen LogP contribution in [0.4, 0.5) is 20.9 Å². The van der Waals surface area contributed by atoms with Gasteiger partial charge in [0.05, 0.1) is 5.69 Å². The third-order valence-corrected chi connectivity index (χ3v) is 4.96. The lowest BCUT2D eigenvalue weighted by Crippen LogP contribution is -2.21. The number of nitrogens with zero attached hydrogens (tertiary/aromatic N) is 2. The molecule has 1 heterocycles. The fourth-order valence-electron chi connectivity index (χ4n) is 2.74. The molecular weight excluding hydrogens is 333 g/mol. The average Bonchev–Trinajstić information content (AvgIpc) is 3.08. The third kappa shape index (κ3) is 3.99. The average molecular weight is 355 g/mol. The molecule has 1 N–H and O–H groups in total. The summed E-state index contributed by atoms with van der Waals surface area (Å²) in [7, 11) is 0. The Morgan fingerprint density at radius 1 is 1.08 bits per heavy atom. The summed E-state index contributed by atoms with van der Waals surface area (Å²) < 4.78 is 13.4. The van der Waals surface area contributed by atoms with E-state index in [1.165, 1.54) is 11.8 Å². The number of benzene rings is 2. The van der Waals surface area contributed by atoms with Crippen molar-refractivity contribution in [3.05, 3.63) is 59.2 Å². The molecule has 0 aliphatic heterocycles. The molecule has 0 saturated heterocycles. The summed E-state index contributed by atoms with van der Waals surface area (Å²) in [6.07, 6.45) is 0. The second-order valence-electron chi connectivity index (χ2n) is 5.85. The van der Waals surface area contributed by atoms with E-state index < -0.39 is 0 Å². The maximum absolute atomic E-state index is 13.4. The van der Waals surface area contributed by atoms with E-state index in [0.717, 1.165) is 35.2 Å². The van der Waals surface area contributed by atoms with Crippen LogP contribution in [0.1, 0.15) is 19.4 Å². The number of anilines is 3. The molecule has 3 nitrogen and oxygen atoms in total. The van der Waals surface area contributed by atoms with Crippen LogP contribution in [0.5, 0.6) is 0 Å². The maximum atomic E-state index is 13.4. The van der Waals surface area contributed by atoms with E-state index in [2.05, 4.69) is 53.3 Å². The summed E-state index contributed by atoms with van der Waals surface area (Å²) in [5.74, 6) is -0.189. The first-order valence-electron chi connectivity index (χ1n) is 8.44. The van der Waals surface area contributed by atoms with Crippen molar-refractivity contribution in [1.29, 1.82) is 0 Å². The molecule has 2 aromatic carbocycles. The van der Waals surface area contributed by atoms with Crippen LogP contribution in [-0.2, 0) is 0 Å². The first-order valence-corrected chi connectivity index (χ1v) is 9.32. The zero-order valence-corrected chi connectivity index (χ0v) is 15.5. The Labute approximate surface area is 152 Å². The van der Waals surface area contributed by atoms with E-state index in [1.54, 1.807) is 24.3 Å². The van der Waals surface area contributed by atoms with Crippen LogP contribution in [0.15, 0.2) is 47.8 Å². The van der Waals surface area contributed by atoms with Crippen molar-refractivity contribution < 1.29 is 4.39 Å². The number of aryl methyl sites for hydroxylation is 1. The van der Waals surface area contributed by atoms with E-state index in [-0.39, 0.29) is 5.82 Å². The molecule has 0 unspecified atom stereocenters. The lowest BCUT2D eigenvalue weighted by atomic mass is 10.1. The highest BCUT2D eigenvalue weighted by Crippen LogP contribution is 2.28. The molecule has 3 aromatic rings. The molecule has 1 aromatic heterocycles. The van der Waals surface area contributed by atoms with Gasteiger partial charge in [0.2, 0.25) is 0 Å². The van der Waals surface area contributed by atoms with Gasteiger partial charge in [-0.3, -0.25) is 0 Å². The summed E-state index contributed by atoms with van der Waals surface area (Å²) in [4.78, 5) is 6.92. The van der Waals surface area contributed by atoms with Crippen molar-refractivity contribution in [2.24, 2.45) is 0 Å². The molecule has 0 radical (unpaired) electrons. The predicted octanol–water partition coefficient (Wildman–Crippen LogP) is 5.85. The van der Waals surface area contributed by atoms with Crippen molar-refractivity contribution in [3.8, 4) is 11.3 Å². The fourth-order valence-corrected chi connectivity index (χ4v) is 3.48. The van der Waals surface area contributed by atoms with Gasteiger partial charge in [0, 0.05) is 35.4 Å². The Morgan fingerprint density at radius 3 is 2.44 bits per heavy atom. The van der Waals surface area contributed by atoms with Gasteiger partial charge in [0.1, 0.15) is 5.82 Å². The highest BCUT2D eigenvalue weighted by atomic mass is 32.1. The van der Waals surface area contributed by atoms with Gasteiger partial charge in [-0.25, -0.2) is 9.37 Å². The summed E-state index contributed by atoms with van der Waals surface area (Å²) >= 11 is 1.54. The summed E-state index contributed by atoms with van der Waals surface area (Å²) in [5, 5.41) is 6.15. The van der Waals surface area contributed by atoms with E-state index >= 15 is 0 Å². The lowest BCUT2D eigenvalue weighted by Gasteiger charge is -2.21. The van der Waals surface area contributed by atoms with E-state index in [0.29, 0.717) is 5.56 Å². The first kappa shape index (κ1) is 17.4. The van der Waals surface area contributed by atoms with Crippen molar-refractivity contribution in [2.45, 2.75) is 20.8 Å². The quantitative estimate of drug-likeness (QED) is 0.601. The lowest BCUT2D eigenvalue weighted by molar-refractivity contribution is 0.619. The van der Waals surface area contributed by atoms with Crippen LogP contribution in [0, 0.1) is 12.7 Å². The summed E-state index contributed by atoms with van der Waals surface area (Å²) in [5.41, 5.74) is 4.65. The van der Waals surface area contributed by atoms with Crippen LogP contribution < -0.4 is 10.2 Å². The molecule has 130 valence electrons. The minimum atomic E-state index is -0.189. The van der Waals surface area contributed by atoms with Gasteiger partial charge in [-0.15, -0.1) is 11.3 Å². The van der Waals surface area contributed by atoms with Crippen LogP contribution in [0.3, 0.4) is 0 Å². The Morgan fingerprint density at radius 2 is 1.80 bits per heavy atom. The Hall–Kier alpha value is -2.40. The molecule has 0 aliphatic carbocycles. The van der Waals surface area contributed by atoms with E-state index in [9.17, 15) is 4.39 Å². The van der Waals surface area contributed by atoms with E-state index in [1.807, 2.05) is 11.4 Å². The minimum absolute atomic E-state index is 0.189. The third-order valence-electron chi connectivity index (χ3n) is 4.21. The number of rotatable bonds is 6. The molecule has 0 bridgehead atoms. The Bertz CT molecular complexity index is 838. The number of hydrogen-bond donors (Lipinski definition) is 1. The van der Waals surface area contributed by atoms with Gasteiger partial charge < -0.3 is 10.2 Å². The molecule has 0 saturated carbocycles. The van der Waals surface area contributed by atoms with Gasteiger partial charge in [0.25, 0.3) is 0 Å². The Balaban J connectivity index is 1.74. The van der Waals surface area contributed by atoms with Crippen LogP contribution in [0.2, 0.25) is 0 Å². The smallest absolute Gasteiger partial charge is 0.187 e. The van der Waals surface area contributed by atoms with Crippen LogP contribution in [0.25, 0.3) is 11.3 Å². The molecule has 0 amide bonds. The van der Waals surface area contributed by atoms with Gasteiger partial charge in [0.15, 0.2) is 5.13 Å². The molecule has 0 spiro atoms. The molecular formula is C20H22FN3S. The van der Waals surface area contributed by atoms with Crippen molar-refractivity contribution >= 4 is 27.8 Å². The van der Waals surface area contributed by atoms with E-state index in [4.69, 9.17) is 0 Å². The number of thiazole rings is 1. The zero-order valence-electron chi connectivity index (χ0n) is 14.7. The first-order chi connectivity index (χ1) is 12.1. The number of aromatic nitrogens is 1. The van der Waals surface area contributed by atoms with Gasteiger partial charge in [-0.1, -0.05) is 0 Å². The van der Waals surface area contributed by atoms with Crippen molar-refractivity contribution in [2.75, 3.05) is 23.3 Å². The van der Waals surface area contributed by atoms with Gasteiger partial charge in [-0.2, -0.15) is 0 Å². The van der Waals surface area contributed by atoms with Gasteiger partial charge >= 0.3 is 0 Å². The Kier molecular flexibility index (Phi) is 5.34. The molecule has 5 heteroatoms. The fraction of sp³-hybridized carbons (Fsp3) is 0.250. The second kappa shape index (κ2) is 7.66. The molecule has 25 heavy (non-hydrogen) atoms. The largest absolute Gasteiger partial charge is 0.372 e. The van der Waals surface area contributed by atoms with Crippen molar-refractivity contribution in [3.63, 3.8) is 0 Å². The maximum Gasteiger partial charge on any atom is 0.187 e. The molecule has 0 fully saturated rings.